The van der Waals surface area contributed by atoms with Crippen LogP contribution in [0, 0.1) is 6.92 Å². The molecule has 0 spiro atoms. The van der Waals surface area contributed by atoms with Crippen LogP contribution >= 0.6 is 11.3 Å². The lowest BCUT2D eigenvalue weighted by Crippen LogP contribution is -2.21. The van der Waals surface area contributed by atoms with E-state index in [2.05, 4.69) is 5.32 Å². The van der Waals surface area contributed by atoms with Gasteiger partial charge in [0.05, 0.1) is 5.69 Å². The van der Waals surface area contributed by atoms with E-state index in [0.717, 1.165) is 10.4 Å². The van der Waals surface area contributed by atoms with Gasteiger partial charge in [-0.3, -0.25) is 9.59 Å². The number of anilines is 1. The van der Waals surface area contributed by atoms with E-state index in [1.165, 1.54) is 36.5 Å². The number of nitrogens with one attached hydrogen (secondary N) is 1. The normalized spacial score (nSPS) is 12.2. The Kier molecular flexibility index (Phi) is 5.56. The van der Waals surface area contributed by atoms with E-state index in [1.54, 1.807) is 6.08 Å². The summed E-state index contributed by atoms with van der Waals surface area (Å²) in [5.41, 5.74) is 1.62. The molecule has 0 saturated carbocycles. The molecule has 27 heavy (non-hydrogen) atoms. The molecular weight excluding hydrogens is 370 g/mol. The van der Waals surface area contributed by atoms with Crippen molar-refractivity contribution in [3.63, 3.8) is 0 Å². The second-order valence-corrected chi connectivity index (χ2v) is 6.71. The van der Waals surface area contributed by atoms with Gasteiger partial charge >= 0.3 is 5.97 Å². The molecule has 0 radical (unpaired) electrons. The number of amides is 1. The molecule has 0 fully saturated rings. The summed E-state index contributed by atoms with van der Waals surface area (Å²) in [4.78, 5) is 36.6. The molecule has 1 aliphatic rings. The molecule has 1 aromatic heterocycles. The molecule has 2 heterocycles. The van der Waals surface area contributed by atoms with Crippen molar-refractivity contribution in [2.24, 2.45) is 0 Å². The monoisotopic (exact) mass is 387 g/mol. The molecule has 7 nitrogen and oxygen atoms in total. The predicted octanol–water partition coefficient (Wildman–Crippen LogP) is 3.18. The number of Topliss-reactive ketones (excluding diaryl/α,β-unsaturated/α-hetero) is 1. The van der Waals surface area contributed by atoms with Gasteiger partial charge in [0.2, 0.25) is 6.79 Å². The van der Waals surface area contributed by atoms with E-state index < -0.39 is 18.5 Å². The van der Waals surface area contributed by atoms with Gasteiger partial charge in [-0.2, -0.15) is 0 Å². The highest BCUT2D eigenvalue weighted by atomic mass is 32.1. The Hall–Kier alpha value is -3.13. The number of ketones is 1. The zero-order valence-corrected chi connectivity index (χ0v) is 15.6. The molecule has 2 aromatic rings. The van der Waals surface area contributed by atoms with E-state index in [0.29, 0.717) is 11.5 Å². The molecule has 3 rings (SSSR count). The molecule has 0 atom stereocenters. The van der Waals surface area contributed by atoms with Gasteiger partial charge in [-0.05, 0) is 43.0 Å². The maximum atomic E-state index is 12.1. The number of fused-ring (bicyclic) bond motifs is 1. The molecule has 8 heteroatoms. The van der Waals surface area contributed by atoms with Crippen LogP contribution in [0.15, 0.2) is 29.7 Å². The first-order valence-electron chi connectivity index (χ1n) is 8.07. The molecule has 1 aromatic carbocycles. The van der Waals surface area contributed by atoms with E-state index in [4.69, 9.17) is 14.2 Å². The molecule has 0 unspecified atom stereocenters. The van der Waals surface area contributed by atoms with E-state index >= 15 is 0 Å². The number of aryl methyl sites for hydroxylation is 1. The molecular formula is C19H17NO6S. The Morgan fingerprint density at radius 1 is 1.26 bits per heavy atom. The van der Waals surface area contributed by atoms with Crippen molar-refractivity contribution >= 4 is 40.8 Å². The second-order valence-electron chi connectivity index (χ2n) is 5.76. The number of carbonyl (C=O) groups is 3. The third-order valence-corrected chi connectivity index (χ3v) is 4.77. The fourth-order valence-electron chi connectivity index (χ4n) is 2.41. The minimum Gasteiger partial charge on any atom is -0.454 e. The summed E-state index contributed by atoms with van der Waals surface area (Å²) in [5.74, 6) is -0.559. The Morgan fingerprint density at radius 2 is 2.00 bits per heavy atom. The Bertz CT molecular complexity index is 930. The second kappa shape index (κ2) is 8.05. The quantitative estimate of drug-likeness (QED) is 0.465. The van der Waals surface area contributed by atoms with Crippen LogP contribution in [-0.2, 0) is 14.3 Å². The van der Waals surface area contributed by atoms with Gasteiger partial charge in [0, 0.05) is 22.6 Å². The third kappa shape index (κ3) is 4.53. The van der Waals surface area contributed by atoms with Crippen LogP contribution in [-0.4, -0.2) is 31.1 Å². The number of thiophene rings is 1. The molecule has 1 aliphatic heterocycles. The van der Waals surface area contributed by atoms with Crippen molar-refractivity contribution in [3.8, 4) is 11.5 Å². The van der Waals surface area contributed by atoms with Crippen molar-refractivity contribution in [3.05, 3.63) is 45.7 Å². The largest absolute Gasteiger partial charge is 0.454 e. The Balaban J connectivity index is 1.59. The molecule has 140 valence electrons. The predicted molar refractivity (Wildman–Crippen MR) is 100 cm³/mol. The fraction of sp³-hybridized carbons (Fsp3) is 0.211. The number of esters is 1. The lowest BCUT2D eigenvalue weighted by molar-refractivity contribution is -0.142. The van der Waals surface area contributed by atoms with Gasteiger partial charge in [0.1, 0.15) is 0 Å². The number of hydrogen-bond donors (Lipinski definition) is 1. The minimum atomic E-state index is -0.629. The van der Waals surface area contributed by atoms with Crippen molar-refractivity contribution in [1.29, 1.82) is 0 Å². The van der Waals surface area contributed by atoms with E-state index in [1.807, 2.05) is 18.4 Å². The highest BCUT2D eigenvalue weighted by Gasteiger charge is 2.20. The van der Waals surface area contributed by atoms with Crippen LogP contribution in [0.2, 0.25) is 0 Å². The van der Waals surface area contributed by atoms with Gasteiger partial charge in [0.25, 0.3) is 5.91 Å². The maximum absolute atomic E-state index is 12.1. The van der Waals surface area contributed by atoms with Gasteiger partial charge in [0.15, 0.2) is 23.9 Å². The Labute approximate surface area is 159 Å². The van der Waals surface area contributed by atoms with Crippen LogP contribution in [0.1, 0.15) is 27.7 Å². The molecule has 1 amide bonds. The topological polar surface area (TPSA) is 90.9 Å². The molecule has 0 aliphatic carbocycles. The van der Waals surface area contributed by atoms with Crippen molar-refractivity contribution in [1.82, 2.24) is 0 Å². The minimum absolute atomic E-state index is 0.0533. The molecule has 0 saturated heterocycles. The fourth-order valence-corrected chi connectivity index (χ4v) is 3.23. The first-order valence-corrected chi connectivity index (χ1v) is 8.95. The highest BCUT2D eigenvalue weighted by Crippen LogP contribution is 2.37. The number of ether oxygens (including phenoxy) is 3. The smallest absolute Gasteiger partial charge is 0.331 e. The van der Waals surface area contributed by atoms with E-state index in [-0.39, 0.29) is 23.8 Å². The van der Waals surface area contributed by atoms with Crippen molar-refractivity contribution in [2.45, 2.75) is 13.8 Å². The van der Waals surface area contributed by atoms with Crippen molar-refractivity contribution in [2.75, 3.05) is 18.7 Å². The number of hydrogen-bond acceptors (Lipinski definition) is 7. The summed E-state index contributed by atoms with van der Waals surface area (Å²) in [6.45, 7) is 2.90. The average Bonchev–Trinajstić information content (AvgIpc) is 3.25. The lowest BCUT2D eigenvalue weighted by Gasteiger charge is -2.10. The first kappa shape index (κ1) is 18.7. The summed E-state index contributed by atoms with van der Waals surface area (Å²) < 4.78 is 15.4. The number of benzene rings is 1. The third-order valence-electron chi connectivity index (χ3n) is 3.78. The zero-order chi connectivity index (χ0) is 19.4. The SMILES string of the molecule is CC(=O)c1cc2c(cc1NC(=O)COC(=O)/C=C/c1sccc1C)OCO2. The number of carbonyl (C=O) groups excluding carboxylic acids is 3. The van der Waals surface area contributed by atoms with Gasteiger partial charge in [-0.15, -0.1) is 11.3 Å². The summed E-state index contributed by atoms with van der Waals surface area (Å²) in [5, 5.41) is 4.48. The lowest BCUT2D eigenvalue weighted by atomic mass is 10.1. The van der Waals surface area contributed by atoms with Crippen LogP contribution in [0.5, 0.6) is 11.5 Å². The van der Waals surface area contributed by atoms with Crippen LogP contribution in [0.3, 0.4) is 0 Å². The summed E-state index contributed by atoms with van der Waals surface area (Å²) >= 11 is 1.50. The molecule has 1 N–H and O–H groups in total. The summed E-state index contributed by atoms with van der Waals surface area (Å²) in [6.07, 6.45) is 2.92. The first-order chi connectivity index (χ1) is 12.9. The van der Waals surface area contributed by atoms with E-state index in [9.17, 15) is 14.4 Å². The van der Waals surface area contributed by atoms with Gasteiger partial charge in [-0.25, -0.2) is 4.79 Å². The van der Waals surface area contributed by atoms with Crippen LogP contribution < -0.4 is 14.8 Å². The Morgan fingerprint density at radius 3 is 2.67 bits per heavy atom. The van der Waals surface area contributed by atoms with Gasteiger partial charge < -0.3 is 19.5 Å². The summed E-state index contributed by atoms with van der Waals surface area (Å²) in [7, 11) is 0. The highest BCUT2D eigenvalue weighted by molar-refractivity contribution is 7.11. The number of rotatable bonds is 6. The van der Waals surface area contributed by atoms with Crippen LogP contribution in [0.4, 0.5) is 5.69 Å². The maximum Gasteiger partial charge on any atom is 0.331 e. The van der Waals surface area contributed by atoms with Crippen molar-refractivity contribution < 1.29 is 28.6 Å². The van der Waals surface area contributed by atoms with Crippen LogP contribution in [0.25, 0.3) is 6.08 Å². The van der Waals surface area contributed by atoms with Gasteiger partial charge in [-0.1, -0.05) is 0 Å². The summed E-state index contributed by atoms with van der Waals surface area (Å²) in [6, 6.07) is 4.97. The average molecular weight is 387 g/mol. The standard InChI is InChI=1S/C19H17NO6S/c1-11-5-6-27-17(11)3-4-19(23)24-9-18(22)20-14-8-16-15(25-10-26-16)7-13(14)12(2)21/h3-8H,9-10H2,1-2H3,(H,20,22)/b4-3+. The zero-order valence-electron chi connectivity index (χ0n) is 14.7. The molecule has 0 bridgehead atoms.